The lowest BCUT2D eigenvalue weighted by atomic mass is 9.33. The lowest BCUT2D eigenvalue weighted by Crippen LogP contribution is -2.72. The number of rotatable bonds is 16. The topological polar surface area (TPSA) is 447 Å². The molecule has 502 valence electrons. The number of aliphatic hydroxyl groups is 14. The van der Waals surface area contributed by atoms with Crippen LogP contribution in [0.25, 0.3) is 0 Å². The van der Waals surface area contributed by atoms with Gasteiger partial charge in [-0.05, 0) is 92.8 Å². The Morgan fingerprint density at radius 3 is 1.81 bits per heavy atom. The second-order valence-electron chi connectivity index (χ2n) is 27.9. The maximum atomic E-state index is 13.4. The van der Waals surface area contributed by atoms with E-state index in [0.29, 0.717) is 37.7 Å². The van der Waals surface area contributed by atoms with Gasteiger partial charge in [-0.2, -0.15) is 0 Å². The largest absolute Gasteiger partial charge is 0.479 e. The zero-order chi connectivity index (χ0) is 64.9. The van der Waals surface area contributed by atoms with E-state index in [-0.39, 0.29) is 31.3 Å². The van der Waals surface area contributed by atoms with Crippen molar-refractivity contribution in [2.75, 3.05) is 33.0 Å². The van der Waals surface area contributed by atoms with Crippen LogP contribution in [-0.2, 0) is 61.8 Å². The first-order valence-corrected chi connectivity index (χ1v) is 30.6. The Labute approximate surface area is 509 Å². The van der Waals surface area contributed by atoms with E-state index in [1.54, 1.807) is 19.9 Å². The van der Waals surface area contributed by atoms with Crippen molar-refractivity contribution >= 4 is 17.9 Å². The average Bonchev–Trinajstić information content (AvgIpc) is 0.673. The standard InChI is InChI=1S/C60H94O28/c1-10-24(2)50(78)88-48-47(75)60(23-80-25(3)64)27(17-55(48,4)5)26-11-12-32-56(6)15-14-34(57(7,22-63)31(56)13-16-58(32,8)59(26,9)18-33(60)66)83-54-46(87-52-41(73)39(71)37(69)30(20-62)82-52)43(42(74)44(85-54)49(76)77)84-53-45(35(67)28(65)21-79-53)86-51-40(72)38(70)36(68)29(19-61)81-51/h10-11,27-48,51-54,61-63,65-75H,12-23H2,1-9H3,(H,76,77)/b24-10-/t27-,28-,29+,30+,31+,32+,33+,34-,35-,36+,37-,38-,39-,40+,41+,42-,43-,44-,45-,46+,47-,48-,51-,52-,53-,54-,56-,57-,58+,59+,60-/m0/s1. The summed E-state index contributed by atoms with van der Waals surface area (Å²) in [4.78, 5) is 39.2. The Hall–Kier alpha value is -2.99. The minimum atomic E-state index is -2.30. The molecule has 28 nitrogen and oxygen atoms in total. The van der Waals surface area contributed by atoms with Gasteiger partial charge in [0.05, 0.1) is 44.1 Å². The molecule has 4 heterocycles. The molecule has 4 saturated heterocycles. The van der Waals surface area contributed by atoms with Gasteiger partial charge >= 0.3 is 17.9 Å². The molecule has 15 N–H and O–H groups in total. The van der Waals surface area contributed by atoms with Gasteiger partial charge in [-0.1, -0.05) is 59.3 Å². The molecule has 0 aromatic rings. The summed E-state index contributed by atoms with van der Waals surface area (Å²) in [7, 11) is 0. The predicted molar refractivity (Wildman–Crippen MR) is 296 cm³/mol. The number of hydrogen-bond donors (Lipinski definition) is 15. The number of aliphatic hydroxyl groups excluding tert-OH is 14. The predicted octanol–water partition coefficient (Wildman–Crippen LogP) is -2.86. The summed E-state index contributed by atoms with van der Waals surface area (Å²) >= 11 is 0. The minimum Gasteiger partial charge on any atom is -0.479 e. The number of carbonyl (C=O) groups excluding carboxylic acids is 2. The maximum Gasteiger partial charge on any atom is 0.335 e. The van der Waals surface area contributed by atoms with Gasteiger partial charge in [0, 0.05) is 23.3 Å². The molecule has 0 aromatic heterocycles. The summed E-state index contributed by atoms with van der Waals surface area (Å²) in [5.74, 6) is -4.04. The quantitative estimate of drug-likeness (QED) is 0.0320. The van der Waals surface area contributed by atoms with Gasteiger partial charge in [0.25, 0.3) is 0 Å². The van der Waals surface area contributed by atoms with Crippen LogP contribution in [0.4, 0.5) is 0 Å². The monoisotopic (exact) mass is 1260 g/mol. The third-order valence-electron chi connectivity index (χ3n) is 22.8. The van der Waals surface area contributed by atoms with Crippen molar-refractivity contribution in [3.05, 3.63) is 23.3 Å². The highest BCUT2D eigenvalue weighted by Crippen LogP contribution is 2.76. The van der Waals surface area contributed by atoms with Gasteiger partial charge in [-0.25, -0.2) is 9.59 Å². The number of ether oxygens (including phenoxy) is 10. The molecular weight excluding hydrogens is 1170 g/mol. The molecule has 0 bridgehead atoms. The van der Waals surface area contributed by atoms with Gasteiger partial charge in [-0.3, -0.25) is 4.79 Å². The summed E-state index contributed by atoms with van der Waals surface area (Å²) in [6, 6.07) is 0. The van der Waals surface area contributed by atoms with Crippen molar-refractivity contribution in [2.45, 2.75) is 248 Å². The minimum absolute atomic E-state index is 0.133. The highest BCUT2D eigenvalue weighted by Gasteiger charge is 2.74. The van der Waals surface area contributed by atoms with E-state index in [9.17, 15) is 91.0 Å². The fraction of sp³-hybridized carbons (Fsp3) is 0.883. The number of carboxylic acid groups (broad SMARTS) is 1. The molecule has 0 amide bonds. The van der Waals surface area contributed by atoms with Gasteiger partial charge in [0.15, 0.2) is 31.3 Å². The zero-order valence-electron chi connectivity index (χ0n) is 51.2. The zero-order valence-corrected chi connectivity index (χ0v) is 51.2. The van der Waals surface area contributed by atoms with Crippen LogP contribution in [-0.4, -0.2) is 269 Å². The molecule has 9 rings (SSSR count). The number of hydrogen-bond acceptors (Lipinski definition) is 27. The Morgan fingerprint density at radius 2 is 1.25 bits per heavy atom. The van der Waals surface area contributed by atoms with Crippen molar-refractivity contribution in [3.63, 3.8) is 0 Å². The number of carbonyl (C=O) groups is 3. The molecule has 88 heavy (non-hydrogen) atoms. The molecule has 0 aromatic carbocycles. The second-order valence-corrected chi connectivity index (χ2v) is 27.9. The van der Waals surface area contributed by atoms with E-state index in [4.69, 9.17) is 47.4 Å². The maximum absolute atomic E-state index is 13.4. The van der Waals surface area contributed by atoms with Crippen molar-refractivity contribution in [1.29, 1.82) is 0 Å². The number of carboxylic acids is 1. The molecular formula is C60H94O28. The van der Waals surface area contributed by atoms with Crippen LogP contribution in [0.2, 0.25) is 0 Å². The lowest BCUT2D eigenvalue weighted by Gasteiger charge is -2.72. The van der Waals surface area contributed by atoms with Gasteiger partial charge < -0.3 is 124 Å². The van der Waals surface area contributed by atoms with E-state index in [2.05, 4.69) is 26.8 Å². The third kappa shape index (κ3) is 11.4. The molecule has 0 spiro atoms. The smallest absolute Gasteiger partial charge is 0.335 e. The van der Waals surface area contributed by atoms with Gasteiger partial charge in [0.1, 0.15) is 104 Å². The third-order valence-corrected chi connectivity index (χ3v) is 22.8. The summed E-state index contributed by atoms with van der Waals surface area (Å²) in [6.45, 7) is 13.4. The van der Waals surface area contributed by atoms with Crippen molar-refractivity contribution < 1.29 is 138 Å². The van der Waals surface area contributed by atoms with Crippen LogP contribution >= 0.6 is 0 Å². The molecule has 4 aliphatic heterocycles. The molecule has 28 heteroatoms. The molecule has 0 radical (unpaired) electrons. The van der Waals surface area contributed by atoms with Crippen LogP contribution in [0.5, 0.6) is 0 Å². The molecule has 31 atom stereocenters. The molecule has 0 unspecified atom stereocenters. The van der Waals surface area contributed by atoms with E-state index in [1.807, 2.05) is 20.8 Å². The van der Waals surface area contributed by atoms with Crippen molar-refractivity contribution in [3.8, 4) is 0 Å². The van der Waals surface area contributed by atoms with Crippen LogP contribution < -0.4 is 0 Å². The Bertz CT molecular complexity index is 2570. The average molecular weight is 1260 g/mol. The fourth-order valence-electron chi connectivity index (χ4n) is 17.3. The van der Waals surface area contributed by atoms with E-state index in [1.165, 1.54) is 6.92 Å². The number of fused-ring (bicyclic) bond motifs is 7. The van der Waals surface area contributed by atoms with Gasteiger partial charge in [0.2, 0.25) is 0 Å². The molecule has 9 aliphatic rings. The van der Waals surface area contributed by atoms with Crippen LogP contribution in [0.3, 0.4) is 0 Å². The van der Waals surface area contributed by atoms with E-state index < -0.39 is 224 Å². The normalized spacial score (nSPS) is 51.1. The van der Waals surface area contributed by atoms with E-state index >= 15 is 0 Å². The van der Waals surface area contributed by atoms with E-state index in [0.717, 1.165) is 5.57 Å². The number of allylic oxidation sites excluding steroid dienone is 3. The molecule has 4 saturated carbocycles. The summed E-state index contributed by atoms with van der Waals surface area (Å²) in [5, 5.41) is 167. The summed E-state index contributed by atoms with van der Waals surface area (Å²) in [5.41, 5.74) is -4.10. The summed E-state index contributed by atoms with van der Waals surface area (Å²) < 4.78 is 60.3. The number of aliphatic carboxylic acids is 1. The van der Waals surface area contributed by atoms with Gasteiger partial charge in [-0.15, -0.1) is 0 Å². The van der Waals surface area contributed by atoms with Crippen LogP contribution in [0.1, 0.15) is 107 Å². The molecule has 8 fully saturated rings. The highest BCUT2D eigenvalue weighted by atomic mass is 16.8. The fourth-order valence-corrected chi connectivity index (χ4v) is 17.3. The van der Waals surface area contributed by atoms with Crippen LogP contribution in [0, 0.1) is 50.2 Å². The Kier molecular flexibility index (Phi) is 20.3. The first kappa shape index (κ1) is 69.4. The first-order valence-electron chi connectivity index (χ1n) is 30.6. The second kappa shape index (κ2) is 25.7. The summed E-state index contributed by atoms with van der Waals surface area (Å²) in [6.07, 6.45) is -35.7. The van der Waals surface area contributed by atoms with Crippen molar-refractivity contribution in [1.82, 2.24) is 0 Å². The Balaban J connectivity index is 1.05. The molecule has 5 aliphatic carbocycles. The first-order chi connectivity index (χ1) is 41.2. The van der Waals surface area contributed by atoms with Crippen LogP contribution in [0.15, 0.2) is 23.3 Å². The highest BCUT2D eigenvalue weighted by molar-refractivity contribution is 5.87. The van der Waals surface area contributed by atoms with Crippen molar-refractivity contribution in [2.24, 2.45) is 50.2 Å². The SMILES string of the molecule is C/C=C(/C)C(=O)O[C@H]1[C@H](O)[C@]2(COC(C)=O)[C@H](O)C[C@]3(C)C(=CC[C@@H]4[C@@]5(C)CC[C@H](O[C@H]6O[C@H](C(=O)O)[C@@H](O)[C@H](O[C@@H]7OC[C@H](O)[C@H](O)[C@@H]7O[C@@H]7O[C@H](CO)[C@@H](O)[C@H](O)[C@H]7O)[C@H]6O[C@@H]6O[C@H](CO)[C@H](O)[C@H](O)[C@H]6O)[C@@](C)(CO)[C@@H]5CC[C@]43C)[C@@H]2CC1(C)C. The lowest BCUT2D eigenvalue weighted by molar-refractivity contribution is -0.401. The number of esters is 2. The Morgan fingerprint density at radius 1 is 0.659 bits per heavy atom.